The van der Waals surface area contributed by atoms with Gasteiger partial charge in [0.25, 0.3) is 0 Å². The summed E-state index contributed by atoms with van der Waals surface area (Å²) in [7, 11) is 2.08. The van der Waals surface area contributed by atoms with Gasteiger partial charge in [0.1, 0.15) is 0 Å². The molecule has 0 fully saturated rings. The molecule has 0 aromatic heterocycles. The Bertz CT molecular complexity index is 376. The highest BCUT2D eigenvalue weighted by Crippen LogP contribution is 2.26. The Morgan fingerprint density at radius 2 is 2.00 bits per heavy atom. The van der Waals surface area contributed by atoms with E-state index >= 15 is 0 Å². The minimum Gasteiger partial charge on any atom is -0.361 e. The van der Waals surface area contributed by atoms with E-state index in [9.17, 15) is 0 Å². The average molecular weight is 412 g/mol. The molecule has 0 atom stereocenters. The van der Waals surface area contributed by atoms with Crippen molar-refractivity contribution in [2.75, 3.05) is 18.6 Å². The van der Waals surface area contributed by atoms with Crippen molar-refractivity contribution in [2.45, 2.75) is 0 Å². The number of hydrogen-bond donors (Lipinski definition) is 0. The molecule has 0 amide bonds. The zero-order valence-corrected chi connectivity index (χ0v) is 12.1. The lowest BCUT2D eigenvalue weighted by atomic mass is 10.3. The van der Waals surface area contributed by atoms with Crippen molar-refractivity contribution in [3.63, 3.8) is 0 Å². The third-order valence-corrected chi connectivity index (χ3v) is 3.68. The molecule has 74 valence electrons. The molecule has 0 radical (unpaired) electrons. The number of anilines is 1. The highest BCUT2D eigenvalue weighted by molar-refractivity contribution is 14.1. The summed E-state index contributed by atoms with van der Waals surface area (Å²) < 4.78 is 2.57. The van der Waals surface area contributed by atoms with Crippen LogP contribution in [0.1, 0.15) is 0 Å². The van der Waals surface area contributed by atoms with E-state index in [2.05, 4.69) is 92.6 Å². The fourth-order valence-corrected chi connectivity index (χ4v) is 2.51. The average Bonchev–Trinajstić information content (AvgIpc) is 2.56. The lowest BCUT2D eigenvalue weighted by Crippen LogP contribution is -2.22. The van der Waals surface area contributed by atoms with Crippen molar-refractivity contribution < 1.29 is 0 Å². The van der Waals surface area contributed by atoms with Gasteiger partial charge >= 0.3 is 0 Å². The molecule has 1 aromatic rings. The maximum atomic E-state index is 2.38. The van der Waals surface area contributed by atoms with Crippen LogP contribution in [-0.4, -0.2) is 18.6 Å². The third kappa shape index (κ3) is 2.16. The van der Waals surface area contributed by atoms with Crippen LogP contribution in [0.15, 0.2) is 30.6 Å². The van der Waals surface area contributed by atoms with Crippen LogP contribution in [0.2, 0.25) is 0 Å². The second-order valence-corrected chi connectivity index (χ2v) is 5.67. The Morgan fingerprint density at radius 3 is 2.64 bits per heavy atom. The van der Waals surface area contributed by atoms with Gasteiger partial charge in [0.15, 0.2) is 0 Å². The SMILES string of the molecule is CN1C=CN(c2cc(I)ccc2I)C1. The number of hydrogen-bond acceptors (Lipinski definition) is 2. The fraction of sp³-hybridized carbons (Fsp3) is 0.200. The van der Waals surface area contributed by atoms with Crippen molar-refractivity contribution in [3.8, 4) is 0 Å². The predicted molar refractivity (Wildman–Crippen MR) is 76.1 cm³/mol. The van der Waals surface area contributed by atoms with Gasteiger partial charge in [-0.05, 0) is 63.4 Å². The molecule has 14 heavy (non-hydrogen) atoms. The highest BCUT2D eigenvalue weighted by atomic mass is 127. The topological polar surface area (TPSA) is 6.48 Å². The van der Waals surface area contributed by atoms with Crippen molar-refractivity contribution in [3.05, 3.63) is 37.7 Å². The van der Waals surface area contributed by atoms with Gasteiger partial charge in [-0.25, -0.2) is 0 Å². The molecular formula is C10H10I2N2. The summed E-state index contributed by atoms with van der Waals surface area (Å²) >= 11 is 4.72. The number of nitrogens with zero attached hydrogens (tertiary/aromatic N) is 2. The zero-order valence-electron chi connectivity index (χ0n) is 7.74. The maximum absolute atomic E-state index is 2.38. The molecule has 0 aliphatic carbocycles. The molecule has 0 unspecified atom stereocenters. The van der Waals surface area contributed by atoms with Crippen LogP contribution in [0, 0.1) is 7.14 Å². The molecule has 0 saturated heterocycles. The van der Waals surface area contributed by atoms with E-state index in [1.54, 1.807) is 0 Å². The summed E-state index contributed by atoms with van der Waals surface area (Å²) in [5.74, 6) is 0. The first kappa shape index (κ1) is 10.5. The molecule has 0 bridgehead atoms. The van der Waals surface area contributed by atoms with Crippen LogP contribution in [0.5, 0.6) is 0 Å². The Morgan fingerprint density at radius 1 is 1.21 bits per heavy atom. The second-order valence-electron chi connectivity index (χ2n) is 3.26. The van der Waals surface area contributed by atoms with E-state index in [0.717, 1.165) is 6.67 Å². The minimum atomic E-state index is 0.941. The smallest absolute Gasteiger partial charge is 0.0939 e. The molecule has 0 N–H and O–H groups in total. The van der Waals surface area contributed by atoms with E-state index in [4.69, 9.17) is 0 Å². The van der Waals surface area contributed by atoms with E-state index < -0.39 is 0 Å². The summed E-state index contributed by atoms with van der Waals surface area (Å²) in [6.45, 7) is 0.941. The molecule has 4 heteroatoms. The Labute approximate surface area is 111 Å². The zero-order chi connectivity index (χ0) is 10.1. The van der Waals surface area contributed by atoms with Gasteiger partial charge in [-0.2, -0.15) is 0 Å². The van der Waals surface area contributed by atoms with Crippen LogP contribution >= 0.6 is 45.2 Å². The standard InChI is InChI=1S/C10H10I2N2/c1-13-4-5-14(7-13)10-6-8(11)2-3-9(10)12/h2-6H,7H2,1H3. The summed E-state index contributed by atoms with van der Waals surface area (Å²) in [6, 6.07) is 6.50. The Balaban J connectivity index is 2.32. The van der Waals surface area contributed by atoms with Crippen LogP contribution in [0.3, 0.4) is 0 Å². The third-order valence-electron chi connectivity index (χ3n) is 2.09. The van der Waals surface area contributed by atoms with E-state index in [1.807, 2.05) is 0 Å². The van der Waals surface area contributed by atoms with Crippen molar-refractivity contribution >= 4 is 50.9 Å². The molecule has 1 aliphatic heterocycles. The van der Waals surface area contributed by atoms with Crippen molar-refractivity contribution in [1.82, 2.24) is 4.90 Å². The lowest BCUT2D eigenvalue weighted by Gasteiger charge is -2.19. The Hall–Kier alpha value is 0.0200. The van der Waals surface area contributed by atoms with Crippen LogP contribution in [0.25, 0.3) is 0 Å². The fourth-order valence-electron chi connectivity index (χ4n) is 1.39. The van der Waals surface area contributed by atoms with E-state index in [0.29, 0.717) is 0 Å². The molecule has 1 heterocycles. The Kier molecular flexibility index (Phi) is 3.20. The van der Waals surface area contributed by atoms with Crippen molar-refractivity contribution in [2.24, 2.45) is 0 Å². The first-order valence-electron chi connectivity index (χ1n) is 4.27. The molecule has 1 aromatic carbocycles. The van der Waals surface area contributed by atoms with Gasteiger partial charge < -0.3 is 9.80 Å². The van der Waals surface area contributed by atoms with E-state index in [-0.39, 0.29) is 0 Å². The van der Waals surface area contributed by atoms with Gasteiger partial charge in [-0.3, -0.25) is 0 Å². The molecule has 2 nitrogen and oxygen atoms in total. The molecule has 2 rings (SSSR count). The first-order chi connectivity index (χ1) is 6.66. The summed E-state index contributed by atoms with van der Waals surface area (Å²) in [5.41, 5.74) is 1.29. The summed E-state index contributed by atoms with van der Waals surface area (Å²) in [6.07, 6.45) is 4.21. The molecule has 0 spiro atoms. The predicted octanol–water partition coefficient (Wildman–Crippen LogP) is 3.08. The van der Waals surface area contributed by atoms with Gasteiger partial charge in [0.2, 0.25) is 0 Å². The van der Waals surface area contributed by atoms with Crippen molar-refractivity contribution in [1.29, 1.82) is 0 Å². The van der Waals surface area contributed by atoms with Crippen LogP contribution in [-0.2, 0) is 0 Å². The highest BCUT2D eigenvalue weighted by Gasteiger charge is 2.13. The number of benzene rings is 1. The summed E-state index contributed by atoms with van der Waals surface area (Å²) in [4.78, 5) is 4.42. The number of rotatable bonds is 1. The van der Waals surface area contributed by atoms with Gasteiger partial charge in [-0.15, -0.1) is 0 Å². The van der Waals surface area contributed by atoms with Gasteiger partial charge in [0, 0.05) is 26.6 Å². The molecule has 1 aliphatic rings. The second kappa shape index (κ2) is 4.26. The molecule has 0 saturated carbocycles. The number of halogens is 2. The van der Waals surface area contributed by atoms with Gasteiger partial charge in [-0.1, -0.05) is 0 Å². The minimum absolute atomic E-state index is 0.941. The maximum Gasteiger partial charge on any atom is 0.0939 e. The van der Waals surface area contributed by atoms with Gasteiger partial charge in [0.05, 0.1) is 12.4 Å². The largest absolute Gasteiger partial charge is 0.361 e. The normalized spacial score (nSPS) is 15.4. The van der Waals surface area contributed by atoms with Crippen LogP contribution in [0.4, 0.5) is 5.69 Å². The lowest BCUT2D eigenvalue weighted by molar-refractivity contribution is 0.495. The van der Waals surface area contributed by atoms with Crippen LogP contribution < -0.4 is 4.90 Å². The monoisotopic (exact) mass is 412 g/mol. The van der Waals surface area contributed by atoms with E-state index in [1.165, 1.54) is 12.8 Å². The first-order valence-corrected chi connectivity index (χ1v) is 6.43. The summed E-state index contributed by atoms with van der Waals surface area (Å²) in [5, 5.41) is 0. The quantitative estimate of drug-likeness (QED) is 0.655. The molecular weight excluding hydrogens is 402 g/mol.